The molecule has 2 aromatic heterocycles. The maximum absolute atomic E-state index is 9.72. The minimum atomic E-state index is -0.671. The lowest BCUT2D eigenvalue weighted by atomic mass is 9.96. The van der Waals surface area contributed by atoms with Gasteiger partial charge in [-0.1, -0.05) is 23.2 Å². The molecule has 0 bridgehead atoms. The third-order valence-corrected chi connectivity index (χ3v) is 7.68. The second kappa shape index (κ2) is 13.9. The number of piperidine rings is 1. The summed E-state index contributed by atoms with van der Waals surface area (Å²) in [6.45, 7) is 7.09. The van der Waals surface area contributed by atoms with E-state index in [1.807, 2.05) is 18.2 Å². The number of ether oxygens (including phenoxy) is 1. The smallest absolute Gasteiger partial charge is 0.225 e. The highest BCUT2D eigenvalue weighted by Gasteiger charge is 2.21. The Hall–Kier alpha value is -2.57. The summed E-state index contributed by atoms with van der Waals surface area (Å²) in [6, 6.07) is 9.45. The van der Waals surface area contributed by atoms with Crippen molar-refractivity contribution in [3.63, 3.8) is 0 Å². The Morgan fingerprint density at radius 2 is 1.73 bits per heavy atom. The van der Waals surface area contributed by atoms with E-state index in [4.69, 9.17) is 32.9 Å². The van der Waals surface area contributed by atoms with Crippen LogP contribution >= 0.6 is 23.2 Å². The molecule has 2 saturated heterocycles. The van der Waals surface area contributed by atoms with Crippen molar-refractivity contribution in [3.8, 4) is 22.9 Å². The van der Waals surface area contributed by atoms with Crippen molar-refractivity contribution < 1.29 is 9.84 Å². The molecule has 0 spiro atoms. The number of nitrogens with one attached hydrogen (secondary N) is 3. The van der Waals surface area contributed by atoms with Crippen molar-refractivity contribution in [2.75, 3.05) is 57.8 Å². The van der Waals surface area contributed by atoms with E-state index < -0.39 is 6.35 Å². The first-order valence-electron chi connectivity index (χ1n) is 13.7. The van der Waals surface area contributed by atoms with E-state index in [1.165, 1.54) is 0 Å². The van der Waals surface area contributed by atoms with E-state index in [9.17, 15) is 5.11 Å². The van der Waals surface area contributed by atoms with Crippen molar-refractivity contribution >= 4 is 29.2 Å². The molecule has 1 unspecified atom stereocenters. The summed E-state index contributed by atoms with van der Waals surface area (Å²) in [5.74, 6) is 2.21. The highest BCUT2D eigenvalue weighted by molar-refractivity contribution is 6.35. The topological polar surface area (TPSA) is 111 Å². The van der Waals surface area contributed by atoms with Crippen molar-refractivity contribution in [1.29, 1.82) is 0 Å². The number of hydrogen-bond acceptors (Lipinski definition) is 10. The molecule has 4 N–H and O–H groups in total. The first-order valence-corrected chi connectivity index (χ1v) is 14.4. The van der Waals surface area contributed by atoms with Gasteiger partial charge in [-0.2, -0.15) is 0 Å². The first kappa shape index (κ1) is 28.9. The van der Waals surface area contributed by atoms with Crippen LogP contribution in [0.2, 0.25) is 10.0 Å². The third kappa shape index (κ3) is 8.01. The van der Waals surface area contributed by atoms with Crippen LogP contribution in [0.5, 0.6) is 11.6 Å². The van der Waals surface area contributed by atoms with Gasteiger partial charge in [-0.05, 0) is 68.7 Å². The van der Waals surface area contributed by atoms with Crippen LogP contribution in [0.4, 0.5) is 5.95 Å². The van der Waals surface area contributed by atoms with E-state index in [0.717, 1.165) is 82.0 Å². The zero-order chi connectivity index (χ0) is 27.9. The van der Waals surface area contributed by atoms with Gasteiger partial charge in [0.25, 0.3) is 0 Å². The number of hydrogen-bond donors (Lipinski definition) is 4. The lowest BCUT2D eigenvalue weighted by molar-refractivity contribution is 0.0948. The van der Waals surface area contributed by atoms with E-state index in [2.05, 4.69) is 41.8 Å². The fourth-order valence-electron chi connectivity index (χ4n) is 5.05. The minimum Gasteiger partial charge on any atom is -0.436 e. The molecular weight excluding hydrogens is 551 g/mol. The van der Waals surface area contributed by atoms with Crippen LogP contribution in [0, 0.1) is 5.92 Å². The number of nitrogens with zero attached hydrogens (tertiary/aromatic N) is 5. The van der Waals surface area contributed by atoms with Gasteiger partial charge in [-0.15, -0.1) is 0 Å². The summed E-state index contributed by atoms with van der Waals surface area (Å²) in [5, 5.41) is 20.1. The molecule has 12 heteroatoms. The molecule has 5 rings (SSSR count). The van der Waals surface area contributed by atoms with Gasteiger partial charge in [-0.3, -0.25) is 15.5 Å². The van der Waals surface area contributed by atoms with E-state index in [-0.39, 0.29) is 0 Å². The predicted octanol–water partition coefficient (Wildman–Crippen LogP) is 3.34. The largest absolute Gasteiger partial charge is 0.436 e. The molecule has 2 aliphatic rings. The fourth-order valence-corrected chi connectivity index (χ4v) is 5.58. The SMILES string of the molecule is CNC(O)NCC1CCN(Cc2cc(Oc3cnc(N4CCNCC4)nc3)nc(-c3cc(Cl)cc(Cl)c3)c2)CC1. The van der Waals surface area contributed by atoms with Crippen molar-refractivity contribution in [2.45, 2.75) is 25.7 Å². The molecule has 4 heterocycles. The number of aliphatic hydroxyl groups excluding tert-OH is 1. The average molecular weight is 588 g/mol. The number of benzene rings is 1. The average Bonchev–Trinajstić information content (AvgIpc) is 2.97. The van der Waals surface area contributed by atoms with E-state index in [0.29, 0.717) is 33.5 Å². The Labute approximate surface area is 245 Å². The van der Waals surface area contributed by atoms with Gasteiger partial charge < -0.3 is 20.1 Å². The van der Waals surface area contributed by atoms with Crippen LogP contribution in [0.1, 0.15) is 18.4 Å². The Bertz CT molecular complexity index is 1230. The van der Waals surface area contributed by atoms with Crippen LogP contribution in [0.3, 0.4) is 0 Å². The molecule has 1 aromatic carbocycles. The molecular formula is C28H36Cl2N8O2. The highest BCUT2D eigenvalue weighted by Crippen LogP contribution is 2.31. The van der Waals surface area contributed by atoms with Gasteiger partial charge in [0, 0.05) is 60.9 Å². The third-order valence-electron chi connectivity index (χ3n) is 7.24. The van der Waals surface area contributed by atoms with Crippen LogP contribution in [0.25, 0.3) is 11.3 Å². The van der Waals surface area contributed by atoms with Crippen molar-refractivity contribution in [2.24, 2.45) is 5.92 Å². The molecule has 2 fully saturated rings. The van der Waals surface area contributed by atoms with E-state index in [1.54, 1.807) is 25.5 Å². The Balaban J connectivity index is 1.31. The lowest BCUT2D eigenvalue weighted by Crippen LogP contribution is -2.44. The lowest BCUT2D eigenvalue weighted by Gasteiger charge is -2.32. The van der Waals surface area contributed by atoms with Crippen molar-refractivity contribution in [1.82, 2.24) is 35.8 Å². The summed E-state index contributed by atoms with van der Waals surface area (Å²) < 4.78 is 6.17. The molecule has 1 atom stereocenters. The molecule has 0 aliphatic carbocycles. The molecule has 0 amide bonds. The predicted molar refractivity (Wildman–Crippen MR) is 158 cm³/mol. The summed E-state index contributed by atoms with van der Waals surface area (Å²) in [7, 11) is 1.73. The van der Waals surface area contributed by atoms with Gasteiger partial charge in [0.1, 0.15) is 0 Å². The highest BCUT2D eigenvalue weighted by atomic mass is 35.5. The number of pyridine rings is 1. The molecule has 40 heavy (non-hydrogen) atoms. The number of aromatic nitrogens is 3. The summed E-state index contributed by atoms with van der Waals surface area (Å²) in [4.78, 5) is 18.4. The van der Waals surface area contributed by atoms with Crippen molar-refractivity contribution in [3.05, 3.63) is 58.3 Å². The normalized spacial score (nSPS) is 17.6. The molecule has 214 valence electrons. The number of aliphatic hydroxyl groups is 1. The second-order valence-electron chi connectivity index (χ2n) is 10.2. The quantitative estimate of drug-likeness (QED) is 0.264. The maximum atomic E-state index is 9.72. The molecule has 0 saturated carbocycles. The maximum Gasteiger partial charge on any atom is 0.225 e. The zero-order valence-electron chi connectivity index (χ0n) is 22.6. The van der Waals surface area contributed by atoms with Gasteiger partial charge in [-0.25, -0.2) is 15.0 Å². The monoisotopic (exact) mass is 586 g/mol. The van der Waals surface area contributed by atoms with Crippen LogP contribution in [-0.4, -0.2) is 84.2 Å². The minimum absolute atomic E-state index is 0.460. The molecule has 0 radical (unpaired) electrons. The van der Waals surface area contributed by atoms with Gasteiger partial charge in [0.15, 0.2) is 12.1 Å². The number of piperazine rings is 1. The zero-order valence-corrected chi connectivity index (χ0v) is 24.1. The number of anilines is 1. The number of likely N-dealkylation sites (tertiary alicyclic amines) is 1. The van der Waals surface area contributed by atoms with Gasteiger partial charge >= 0.3 is 0 Å². The summed E-state index contributed by atoms with van der Waals surface area (Å²) in [5.41, 5.74) is 2.63. The Morgan fingerprint density at radius 1 is 1.02 bits per heavy atom. The fraction of sp³-hybridized carbons (Fsp3) is 0.464. The summed E-state index contributed by atoms with van der Waals surface area (Å²) in [6.07, 6.45) is 4.84. The van der Waals surface area contributed by atoms with Gasteiger partial charge in [0.05, 0.1) is 18.1 Å². The molecule has 10 nitrogen and oxygen atoms in total. The van der Waals surface area contributed by atoms with E-state index >= 15 is 0 Å². The van der Waals surface area contributed by atoms with Crippen LogP contribution in [-0.2, 0) is 6.54 Å². The molecule has 3 aromatic rings. The van der Waals surface area contributed by atoms with Crippen LogP contribution in [0.15, 0.2) is 42.7 Å². The Morgan fingerprint density at radius 3 is 2.40 bits per heavy atom. The molecule has 2 aliphatic heterocycles. The number of halogens is 2. The number of rotatable bonds is 10. The summed E-state index contributed by atoms with van der Waals surface area (Å²) >= 11 is 12.6. The first-order chi connectivity index (χ1) is 19.4. The second-order valence-corrected chi connectivity index (χ2v) is 11.1. The standard InChI is InChI=1S/C28H36Cl2N8O2/c1-31-28(39)35-15-19-2-6-37(7-3-19)18-20-10-25(21-12-22(29)14-23(30)13-21)36-26(11-20)40-24-16-33-27(34-17-24)38-8-4-32-5-9-38/h10-14,16-17,19,28,31-32,35,39H,2-9,15,18H2,1H3. The van der Waals surface area contributed by atoms with Gasteiger partial charge in [0.2, 0.25) is 11.8 Å². The van der Waals surface area contributed by atoms with Crippen LogP contribution < -0.4 is 25.6 Å². The Kier molecular flexibility index (Phi) is 10.0.